The van der Waals surface area contributed by atoms with Crippen molar-refractivity contribution in [2.24, 2.45) is 0 Å². The fourth-order valence-corrected chi connectivity index (χ4v) is 3.40. The van der Waals surface area contributed by atoms with Crippen molar-refractivity contribution in [1.82, 2.24) is 0 Å². The van der Waals surface area contributed by atoms with Crippen molar-refractivity contribution in [2.45, 2.75) is 19.4 Å². The third-order valence-corrected chi connectivity index (χ3v) is 5.03. The molecule has 128 valence electrons. The molecule has 0 fully saturated rings. The van der Waals surface area contributed by atoms with Crippen LogP contribution in [-0.2, 0) is 4.79 Å². The summed E-state index contributed by atoms with van der Waals surface area (Å²) in [5.74, 6) is -0.0243. The largest absolute Gasteiger partial charge is 0.377 e. The molecule has 3 aromatic rings. The van der Waals surface area contributed by atoms with E-state index in [-0.39, 0.29) is 11.9 Å². The molecule has 1 unspecified atom stereocenters. The highest BCUT2D eigenvalue weighted by atomic mass is 35.5. The van der Waals surface area contributed by atoms with E-state index in [4.69, 9.17) is 11.6 Å². The first-order valence-electron chi connectivity index (χ1n) is 8.02. The molecule has 0 aliphatic heterocycles. The topological polar surface area (TPSA) is 41.1 Å². The highest BCUT2D eigenvalue weighted by Crippen LogP contribution is 2.27. The number of benzene rings is 2. The second kappa shape index (κ2) is 8.19. The molecule has 1 amide bonds. The van der Waals surface area contributed by atoms with Crippen LogP contribution in [0.4, 0.5) is 11.4 Å². The van der Waals surface area contributed by atoms with Crippen molar-refractivity contribution < 1.29 is 4.79 Å². The molecule has 0 aliphatic carbocycles. The van der Waals surface area contributed by atoms with Gasteiger partial charge in [-0.1, -0.05) is 35.4 Å². The van der Waals surface area contributed by atoms with Crippen molar-refractivity contribution in [3.63, 3.8) is 0 Å². The van der Waals surface area contributed by atoms with Crippen LogP contribution in [0.25, 0.3) is 0 Å². The summed E-state index contributed by atoms with van der Waals surface area (Å²) in [6, 6.07) is 19.2. The Balaban J connectivity index is 1.70. The molecule has 3 rings (SSSR count). The van der Waals surface area contributed by atoms with Gasteiger partial charge in [0.05, 0.1) is 12.5 Å². The quantitative estimate of drug-likeness (QED) is 0.567. The number of nitrogens with one attached hydrogen (secondary N) is 2. The van der Waals surface area contributed by atoms with Crippen LogP contribution in [0.15, 0.2) is 66.0 Å². The van der Waals surface area contributed by atoms with Crippen LogP contribution in [0.1, 0.15) is 22.9 Å². The Labute approximate surface area is 156 Å². The Bertz CT molecular complexity index is 814. The Kier molecular flexibility index (Phi) is 5.74. The first-order valence-corrected chi connectivity index (χ1v) is 9.28. The van der Waals surface area contributed by atoms with Gasteiger partial charge in [0, 0.05) is 21.3 Å². The summed E-state index contributed by atoms with van der Waals surface area (Å²) in [6.07, 6.45) is 0.344. The fourth-order valence-electron chi connectivity index (χ4n) is 2.49. The molecule has 0 bridgehead atoms. The van der Waals surface area contributed by atoms with Crippen molar-refractivity contribution in [3.8, 4) is 0 Å². The van der Waals surface area contributed by atoms with Crippen LogP contribution in [0.2, 0.25) is 5.02 Å². The maximum absolute atomic E-state index is 12.5. The summed E-state index contributed by atoms with van der Waals surface area (Å²) < 4.78 is 0. The van der Waals surface area contributed by atoms with Gasteiger partial charge >= 0.3 is 0 Å². The molecule has 5 heteroatoms. The lowest BCUT2D eigenvalue weighted by molar-refractivity contribution is -0.116. The molecule has 1 atom stereocenters. The standard InChI is InChI=1S/C20H19ClN2OS/c1-14-4-8-17(9-5-14)23-20(24)13-18(19-3-2-12-25-19)22-16-10-6-15(21)7-11-16/h2-12,18,22H,13H2,1H3,(H,23,24). The summed E-state index contributed by atoms with van der Waals surface area (Å²) >= 11 is 7.58. The van der Waals surface area contributed by atoms with Crippen molar-refractivity contribution >= 4 is 40.2 Å². The van der Waals surface area contributed by atoms with Crippen molar-refractivity contribution in [1.29, 1.82) is 0 Å². The van der Waals surface area contributed by atoms with E-state index >= 15 is 0 Å². The highest BCUT2D eigenvalue weighted by Gasteiger charge is 2.17. The van der Waals surface area contributed by atoms with Gasteiger partial charge in [0.25, 0.3) is 0 Å². The number of carbonyl (C=O) groups is 1. The van der Waals surface area contributed by atoms with Gasteiger partial charge in [0.1, 0.15) is 0 Å². The summed E-state index contributed by atoms with van der Waals surface area (Å²) in [5, 5.41) is 9.09. The number of thiophene rings is 1. The van der Waals surface area contributed by atoms with Crippen LogP contribution in [0.5, 0.6) is 0 Å². The summed E-state index contributed by atoms with van der Waals surface area (Å²) in [7, 11) is 0. The number of aryl methyl sites for hydroxylation is 1. The van der Waals surface area contributed by atoms with Gasteiger partial charge < -0.3 is 10.6 Å². The van der Waals surface area contributed by atoms with Gasteiger partial charge in [-0.05, 0) is 54.8 Å². The first-order chi connectivity index (χ1) is 12.1. The lowest BCUT2D eigenvalue weighted by Gasteiger charge is -2.19. The van der Waals surface area contributed by atoms with Gasteiger partial charge in [-0.15, -0.1) is 11.3 Å². The fraction of sp³-hybridized carbons (Fsp3) is 0.150. The van der Waals surface area contributed by atoms with E-state index in [1.807, 2.05) is 73.0 Å². The second-order valence-electron chi connectivity index (χ2n) is 5.84. The molecule has 0 saturated heterocycles. The smallest absolute Gasteiger partial charge is 0.226 e. The van der Waals surface area contributed by atoms with E-state index in [1.54, 1.807) is 11.3 Å². The molecule has 0 saturated carbocycles. The van der Waals surface area contributed by atoms with Gasteiger partial charge in [-0.3, -0.25) is 4.79 Å². The Morgan fingerprint density at radius 1 is 1.04 bits per heavy atom. The van der Waals surface area contributed by atoms with E-state index in [0.29, 0.717) is 11.4 Å². The van der Waals surface area contributed by atoms with E-state index in [0.717, 1.165) is 16.3 Å². The van der Waals surface area contributed by atoms with Crippen LogP contribution < -0.4 is 10.6 Å². The van der Waals surface area contributed by atoms with Crippen LogP contribution in [0, 0.1) is 6.92 Å². The van der Waals surface area contributed by atoms with E-state index in [2.05, 4.69) is 10.6 Å². The normalized spacial score (nSPS) is 11.8. The Morgan fingerprint density at radius 2 is 1.72 bits per heavy atom. The van der Waals surface area contributed by atoms with Crippen molar-refractivity contribution in [3.05, 3.63) is 81.5 Å². The number of amides is 1. The molecule has 0 spiro atoms. The first kappa shape index (κ1) is 17.5. The predicted molar refractivity (Wildman–Crippen MR) is 107 cm³/mol. The summed E-state index contributed by atoms with van der Waals surface area (Å²) in [6.45, 7) is 2.02. The molecule has 0 aliphatic rings. The third kappa shape index (κ3) is 5.08. The van der Waals surface area contributed by atoms with Gasteiger partial charge in [-0.2, -0.15) is 0 Å². The molecule has 2 N–H and O–H groups in total. The zero-order chi connectivity index (χ0) is 17.6. The van der Waals surface area contributed by atoms with Crippen LogP contribution in [-0.4, -0.2) is 5.91 Å². The lowest BCUT2D eigenvalue weighted by atomic mass is 10.1. The van der Waals surface area contributed by atoms with E-state index in [9.17, 15) is 4.79 Å². The minimum absolute atomic E-state index is 0.0243. The van der Waals surface area contributed by atoms with Gasteiger partial charge in [-0.25, -0.2) is 0 Å². The Morgan fingerprint density at radius 3 is 2.36 bits per heavy atom. The molecule has 3 nitrogen and oxygen atoms in total. The van der Waals surface area contributed by atoms with Crippen LogP contribution >= 0.6 is 22.9 Å². The van der Waals surface area contributed by atoms with Gasteiger partial charge in [0.15, 0.2) is 0 Å². The highest BCUT2D eigenvalue weighted by molar-refractivity contribution is 7.10. The number of rotatable bonds is 6. The number of halogens is 1. The predicted octanol–water partition coefficient (Wildman–Crippen LogP) is 5.89. The Hall–Kier alpha value is -2.30. The average molecular weight is 371 g/mol. The third-order valence-electron chi connectivity index (χ3n) is 3.80. The molecule has 1 heterocycles. The minimum Gasteiger partial charge on any atom is -0.377 e. The second-order valence-corrected chi connectivity index (χ2v) is 7.25. The molecular formula is C20H19ClN2OS. The zero-order valence-electron chi connectivity index (χ0n) is 13.8. The lowest BCUT2D eigenvalue weighted by Crippen LogP contribution is -2.19. The SMILES string of the molecule is Cc1ccc(NC(=O)CC(Nc2ccc(Cl)cc2)c2cccs2)cc1. The number of carbonyl (C=O) groups excluding carboxylic acids is 1. The zero-order valence-corrected chi connectivity index (χ0v) is 15.4. The monoisotopic (exact) mass is 370 g/mol. The average Bonchev–Trinajstić information content (AvgIpc) is 3.13. The number of hydrogen-bond donors (Lipinski definition) is 2. The van der Waals surface area contributed by atoms with E-state index in [1.165, 1.54) is 5.56 Å². The molecule has 2 aromatic carbocycles. The minimum atomic E-state index is -0.0911. The molecule has 0 radical (unpaired) electrons. The van der Waals surface area contributed by atoms with Gasteiger partial charge in [0.2, 0.25) is 5.91 Å². The molecule has 25 heavy (non-hydrogen) atoms. The molecular weight excluding hydrogens is 352 g/mol. The van der Waals surface area contributed by atoms with Crippen LogP contribution in [0.3, 0.4) is 0 Å². The van der Waals surface area contributed by atoms with Crippen molar-refractivity contribution in [2.75, 3.05) is 10.6 Å². The summed E-state index contributed by atoms with van der Waals surface area (Å²) in [5.41, 5.74) is 2.91. The number of anilines is 2. The molecule has 1 aromatic heterocycles. The summed E-state index contributed by atoms with van der Waals surface area (Å²) in [4.78, 5) is 13.6. The van der Waals surface area contributed by atoms with E-state index < -0.39 is 0 Å². The maximum atomic E-state index is 12.5. The maximum Gasteiger partial charge on any atom is 0.226 e. The number of hydrogen-bond acceptors (Lipinski definition) is 3.